The second-order valence-electron chi connectivity index (χ2n) is 3.01. The Bertz CT molecular complexity index is 273. The molecular weight excluding hydrogens is 180 g/mol. The molecule has 14 heavy (non-hydrogen) atoms. The Kier molecular flexibility index (Phi) is 4.43. The van der Waals surface area contributed by atoms with Crippen molar-refractivity contribution in [3.63, 3.8) is 0 Å². The maximum Gasteiger partial charge on any atom is 0.188 e. The molecule has 0 spiro atoms. The van der Waals surface area contributed by atoms with E-state index in [9.17, 15) is 5.11 Å². The van der Waals surface area contributed by atoms with Gasteiger partial charge in [-0.05, 0) is 12.5 Å². The molecule has 0 saturated heterocycles. The van der Waals surface area contributed by atoms with E-state index in [0.29, 0.717) is 12.2 Å². The van der Waals surface area contributed by atoms with Crippen molar-refractivity contribution in [1.29, 1.82) is 0 Å². The first kappa shape index (κ1) is 11.0. The quantitative estimate of drug-likeness (QED) is 0.733. The Morgan fingerprint density at radius 3 is 2.71 bits per heavy atom. The number of benzene rings is 1. The molecular formula is C11H16O3. The van der Waals surface area contributed by atoms with Crippen molar-refractivity contribution in [3.8, 4) is 5.75 Å². The normalized spacial score (nSPS) is 12.5. The van der Waals surface area contributed by atoms with Crippen molar-refractivity contribution in [1.82, 2.24) is 0 Å². The number of aliphatic hydroxyl groups is 1. The van der Waals surface area contributed by atoms with E-state index in [1.165, 1.54) is 0 Å². The summed E-state index contributed by atoms with van der Waals surface area (Å²) in [4.78, 5) is 0. The van der Waals surface area contributed by atoms with Gasteiger partial charge in [0.2, 0.25) is 0 Å². The van der Waals surface area contributed by atoms with E-state index in [0.717, 1.165) is 5.56 Å². The molecule has 0 radical (unpaired) electrons. The first-order valence-corrected chi connectivity index (χ1v) is 4.68. The van der Waals surface area contributed by atoms with E-state index < -0.39 is 6.10 Å². The Morgan fingerprint density at radius 1 is 1.36 bits per heavy atom. The lowest BCUT2D eigenvalue weighted by molar-refractivity contribution is 0.0478. The summed E-state index contributed by atoms with van der Waals surface area (Å²) in [6.45, 7) is 2.13. The number of ether oxygens (including phenoxy) is 2. The molecule has 1 atom stereocenters. The average molecular weight is 196 g/mol. The van der Waals surface area contributed by atoms with Crippen LogP contribution in [0.4, 0.5) is 0 Å². The van der Waals surface area contributed by atoms with Gasteiger partial charge in [-0.3, -0.25) is 0 Å². The summed E-state index contributed by atoms with van der Waals surface area (Å²) in [5, 5.41) is 9.69. The van der Waals surface area contributed by atoms with Crippen molar-refractivity contribution < 1.29 is 14.6 Å². The van der Waals surface area contributed by atoms with Crippen molar-refractivity contribution in [2.24, 2.45) is 0 Å². The molecule has 78 valence electrons. The van der Waals surface area contributed by atoms with E-state index >= 15 is 0 Å². The van der Waals surface area contributed by atoms with Crippen molar-refractivity contribution >= 4 is 0 Å². The van der Waals surface area contributed by atoms with Crippen LogP contribution in [0.1, 0.15) is 25.0 Å². The molecule has 1 aromatic carbocycles. The second kappa shape index (κ2) is 5.62. The predicted molar refractivity (Wildman–Crippen MR) is 54.2 cm³/mol. The van der Waals surface area contributed by atoms with Crippen molar-refractivity contribution in [3.05, 3.63) is 29.8 Å². The van der Waals surface area contributed by atoms with Crippen LogP contribution in [0.25, 0.3) is 0 Å². The van der Waals surface area contributed by atoms with E-state index in [2.05, 4.69) is 0 Å². The molecule has 1 rings (SSSR count). The Morgan fingerprint density at radius 2 is 2.07 bits per heavy atom. The Hall–Kier alpha value is -1.06. The van der Waals surface area contributed by atoms with Gasteiger partial charge >= 0.3 is 0 Å². The summed E-state index contributed by atoms with van der Waals surface area (Å²) >= 11 is 0. The first-order valence-electron chi connectivity index (χ1n) is 4.68. The fourth-order valence-electron chi connectivity index (χ4n) is 1.23. The lowest BCUT2D eigenvalue weighted by Crippen LogP contribution is -2.04. The maximum atomic E-state index is 9.69. The molecule has 0 aliphatic rings. The highest BCUT2D eigenvalue weighted by Crippen LogP contribution is 2.26. The monoisotopic (exact) mass is 196 g/mol. The number of methoxy groups -OCH3 is 1. The van der Waals surface area contributed by atoms with Gasteiger partial charge in [0.1, 0.15) is 5.75 Å². The largest absolute Gasteiger partial charge is 0.467 e. The van der Waals surface area contributed by atoms with Crippen LogP contribution in [0.15, 0.2) is 24.3 Å². The van der Waals surface area contributed by atoms with E-state index in [4.69, 9.17) is 9.47 Å². The molecule has 0 heterocycles. The molecule has 0 aliphatic heterocycles. The molecule has 0 amide bonds. The predicted octanol–water partition coefficient (Wildman–Crippen LogP) is 2.11. The molecule has 3 heteroatoms. The molecule has 1 unspecified atom stereocenters. The first-order chi connectivity index (χ1) is 6.79. The fourth-order valence-corrected chi connectivity index (χ4v) is 1.23. The molecule has 0 aromatic heterocycles. The van der Waals surface area contributed by atoms with Crippen molar-refractivity contribution in [2.75, 3.05) is 13.9 Å². The van der Waals surface area contributed by atoms with Gasteiger partial charge in [-0.1, -0.05) is 25.1 Å². The molecule has 0 aliphatic carbocycles. The molecule has 0 bridgehead atoms. The van der Waals surface area contributed by atoms with Gasteiger partial charge in [-0.25, -0.2) is 0 Å². The zero-order valence-corrected chi connectivity index (χ0v) is 8.56. The van der Waals surface area contributed by atoms with Crippen LogP contribution >= 0.6 is 0 Å². The summed E-state index contributed by atoms with van der Waals surface area (Å²) in [7, 11) is 1.57. The summed E-state index contributed by atoms with van der Waals surface area (Å²) < 4.78 is 10.1. The minimum atomic E-state index is -0.469. The summed E-state index contributed by atoms with van der Waals surface area (Å²) in [6, 6.07) is 7.44. The third-order valence-corrected chi connectivity index (χ3v) is 2.00. The van der Waals surface area contributed by atoms with Crippen LogP contribution in [0.5, 0.6) is 5.75 Å². The summed E-state index contributed by atoms with van der Waals surface area (Å²) in [6.07, 6.45) is 0.205. The van der Waals surface area contributed by atoms with Crippen LogP contribution in [-0.2, 0) is 4.74 Å². The number of para-hydroxylation sites is 1. The Labute approximate surface area is 84.3 Å². The third-order valence-electron chi connectivity index (χ3n) is 2.00. The minimum Gasteiger partial charge on any atom is -0.467 e. The molecule has 0 saturated carbocycles. The van der Waals surface area contributed by atoms with Crippen LogP contribution in [0.3, 0.4) is 0 Å². The zero-order chi connectivity index (χ0) is 10.4. The SMILES string of the molecule is CCC(O)c1ccccc1OCOC. The fraction of sp³-hybridized carbons (Fsp3) is 0.455. The number of aliphatic hydroxyl groups excluding tert-OH is 1. The highest BCUT2D eigenvalue weighted by atomic mass is 16.7. The van der Waals surface area contributed by atoms with E-state index in [1.54, 1.807) is 7.11 Å². The van der Waals surface area contributed by atoms with E-state index in [1.807, 2.05) is 31.2 Å². The number of hydrogen-bond donors (Lipinski definition) is 1. The van der Waals surface area contributed by atoms with Crippen LogP contribution in [0.2, 0.25) is 0 Å². The highest BCUT2D eigenvalue weighted by molar-refractivity contribution is 5.34. The zero-order valence-electron chi connectivity index (χ0n) is 8.56. The van der Waals surface area contributed by atoms with E-state index in [-0.39, 0.29) is 6.79 Å². The van der Waals surface area contributed by atoms with Gasteiger partial charge in [0.15, 0.2) is 6.79 Å². The highest BCUT2D eigenvalue weighted by Gasteiger charge is 2.10. The van der Waals surface area contributed by atoms with Gasteiger partial charge in [-0.15, -0.1) is 0 Å². The number of hydrogen-bond acceptors (Lipinski definition) is 3. The van der Waals surface area contributed by atoms with Crippen LogP contribution in [-0.4, -0.2) is 19.0 Å². The summed E-state index contributed by atoms with van der Waals surface area (Å²) in [5.41, 5.74) is 0.812. The Balaban J connectivity index is 2.79. The topological polar surface area (TPSA) is 38.7 Å². The van der Waals surface area contributed by atoms with Gasteiger partial charge in [-0.2, -0.15) is 0 Å². The average Bonchev–Trinajstić information content (AvgIpc) is 2.25. The minimum absolute atomic E-state index is 0.202. The van der Waals surface area contributed by atoms with Crippen LogP contribution < -0.4 is 4.74 Å². The maximum absolute atomic E-state index is 9.69. The standard InChI is InChI=1S/C11H16O3/c1-3-10(12)9-6-4-5-7-11(9)14-8-13-2/h4-7,10,12H,3,8H2,1-2H3. The third kappa shape index (κ3) is 2.72. The molecule has 1 aromatic rings. The molecule has 3 nitrogen and oxygen atoms in total. The summed E-state index contributed by atoms with van der Waals surface area (Å²) in [5.74, 6) is 0.684. The molecule has 0 fully saturated rings. The lowest BCUT2D eigenvalue weighted by atomic mass is 10.1. The smallest absolute Gasteiger partial charge is 0.188 e. The lowest BCUT2D eigenvalue weighted by Gasteiger charge is -2.13. The second-order valence-corrected chi connectivity index (χ2v) is 3.01. The van der Waals surface area contributed by atoms with Gasteiger partial charge in [0.05, 0.1) is 6.10 Å². The van der Waals surface area contributed by atoms with Gasteiger partial charge < -0.3 is 14.6 Å². The van der Waals surface area contributed by atoms with Crippen LogP contribution in [0, 0.1) is 0 Å². The molecule has 1 N–H and O–H groups in total. The number of rotatable bonds is 5. The van der Waals surface area contributed by atoms with Gasteiger partial charge in [0, 0.05) is 12.7 Å². The van der Waals surface area contributed by atoms with Crippen molar-refractivity contribution in [2.45, 2.75) is 19.4 Å². The van der Waals surface area contributed by atoms with Gasteiger partial charge in [0.25, 0.3) is 0 Å².